The molecule has 2 aliphatic rings. The lowest BCUT2D eigenvalue weighted by atomic mass is 10.1. The van der Waals surface area contributed by atoms with Gasteiger partial charge in [-0.1, -0.05) is 0 Å². The van der Waals surface area contributed by atoms with Gasteiger partial charge in [-0.05, 0) is 24.6 Å². The molecule has 0 saturated carbocycles. The predicted octanol–water partition coefficient (Wildman–Crippen LogP) is 0.236. The quantitative estimate of drug-likeness (QED) is 0.743. The zero-order valence-corrected chi connectivity index (χ0v) is 14.3. The number of ether oxygens (including phenoxy) is 3. The smallest absolute Gasteiger partial charge is 0.305 e. The third kappa shape index (κ3) is 3.88. The maximum absolute atomic E-state index is 12.4. The number of carbonyl (C=O) groups is 3. The normalized spacial score (nSPS) is 20.9. The van der Waals surface area contributed by atoms with Crippen molar-refractivity contribution in [2.45, 2.75) is 25.0 Å². The maximum atomic E-state index is 12.4. The van der Waals surface area contributed by atoms with Gasteiger partial charge in [-0.2, -0.15) is 0 Å². The Hall–Kier alpha value is -2.81. The average molecular weight is 364 g/mol. The van der Waals surface area contributed by atoms with E-state index in [9.17, 15) is 14.4 Å². The van der Waals surface area contributed by atoms with E-state index in [1.165, 1.54) is 12.0 Å². The van der Waals surface area contributed by atoms with Crippen LogP contribution in [-0.4, -0.2) is 66.9 Å². The van der Waals surface area contributed by atoms with Gasteiger partial charge in [0.2, 0.25) is 12.7 Å². The molecule has 1 fully saturated rings. The van der Waals surface area contributed by atoms with Crippen LogP contribution in [-0.2, 0) is 14.3 Å². The van der Waals surface area contributed by atoms with Gasteiger partial charge in [-0.15, -0.1) is 0 Å². The Bertz CT molecular complexity index is 721. The van der Waals surface area contributed by atoms with Crippen LogP contribution in [0.3, 0.4) is 0 Å². The van der Waals surface area contributed by atoms with E-state index in [1.54, 1.807) is 18.2 Å². The Labute approximate surface area is 149 Å². The molecule has 2 heterocycles. The summed E-state index contributed by atoms with van der Waals surface area (Å²) in [6, 6.07) is 4.32. The fourth-order valence-corrected chi connectivity index (χ4v) is 3.14. The summed E-state index contributed by atoms with van der Waals surface area (Å²) >= 11 is 0. The molecule has 2 unspecified atom stereocenters. The van der Waals surface area contributed by atoms with Crippen molar-refractivity contribution in [2.75, 3.05) is 27.0 Å². The van der Waals surface area contributed by atoms with Crippen LogP contribution < -0.4 is 14.8 Å². The van der Waals surface area contributed by atoms with Crippen molar-refractivity contribution in [1.82, 2.24) is 10.2 Å². The number of amides is 2. The highest BCUT2D eigenvalue weighted by molar-refractivity contribution is 5.97. The zero-order chi connectivity index (χ0) is 18.7. The standard InChI is InChI=1S/C17H20N2O7/c1-24-12-5-11(6-16(21)22)19(8-12)15(20)7-18-17(23)10-2-3-13-14(4-10)26-9-25-13/h2-4,11-12H,5-9H2,1H3,(H,18,23)(H,21,22). The fraction of sp³-hybridized carbons (Fsp3) is 0.471. The third-order valence-corrected chi connectivity index (χ3v) is 4.47. The van der Waals surface area contributed by atoms with E-state index in [-0.39, 0.29) is 31.8 Å². The van der Waals surface area contributed by atoms with Gasteiger partial charge in [0.1, 0.15) is 0 Å². The second-order valence-corrected chi connectivity index (χ2v) is 6.14. The molecule has 140 valence electrons. The van der Waals surface area contributed by atoms with Crippen LogP contribution in [0.4, 0.5) is 0 Å². The topological polar surface area (TPSA) is 114 Å². The lowest BCUT2D eigenvalue weighted by Gasteiger charge is -2.23. The summed E-state index contributed by atoms with van der Waals surface area (Å²) < 4.78 is 15.7. The van der Waals surface area contributed by atoms with Crippen molar-refractivity contribution in [3.63, 3.8) is 0 Å². The van der Waals surface area contributed by atoms with E-state index >= 15 is 0 Å². The van der Waals surface area contributed by atoms with Crippen LogP contribution in [0.2, 0.25) is 0 Å². The number of benzene rings is 1. The maximum Gasteiger partial charge on any atom is 0.305 e. The average Bonchev–Trinajstić information content (AvgIpc) is 3.24. The highest BCUT2D eigenvalue weighted by Gasteiger charge is 2.36. The molecule has 26 heavy (non-hydrogen) atoms. The minimum atomic E-state index is -0.978. The zero-order valence-electron chi connectivity index (χ0n) is 14.3. The molecule has 2 amide bonds. The highest BCUT2D eigenvalue weighted by Crippen LogP contribution is 2.32. The molecule has 0 bridgehead atoms. The molecule has 0 aromatic heterocycles. The van der Waals surface area contributed by atoms with E-state index < -0.39 is 17.9 Å². The Morgan fingerprint density at radius 3 is 2.81 bits per heavy atom. The van der Waals surface area contributed by atoms with Crippen LogP contribution >= 0.6 is 0 Å². The molecule has 1 saturated heterocycles. The molecule has 9 heteroatoms. The van der Waals surface area contributed by atoms with Gasteiger partial charge >= 0.3 is 5.97 Å². The highest BCUT2D eigenvalue weighted by atomic mass is 16.7. The minimum absolute atomic E-state index is 0.111. The summed E-state index contributed by atoms with van der Waals surface area (Å²) in [5.74, 6) is -0.697. The summed E-state index contributed by atoms with van der Waals surface area (Å²) in [5, 5.41) is 11.6. The first-order valence-corrected chi connectivity index (χ1v) is 8.20. The van der Waals surface area contributed by atoms with Gasteiger partial charge in [-0.25, -0.2) is 0 Å². The number of carboxylic acids is 1. The minimum Gasteiger partial charge on any atom is -0.481 e. The first kappa shape index (κ1) is 18.0. The largest absolute Gasteiger partial charge is 0.481 e. The number of fused-ring (bicyclic) bond motifs is 1. The number of methoxy groups -OCH3 is 1. The number of rotatable bonds is 6. The van der Waals surface area contributed by atoms with E-state index in [4.69, 9.17) is 19.3 Å². The molecule has 0 aliphatic carbocycles. The van der Waals surface area contributed by atoms with E-state index in [0.717, 1.165) is 0 Å². The molecule has 0 spiro atoms. The van der Waals surface area contributed by atoms with E-state index in [0.29, 0.717) is 30.0 Å². The number of aliphatic carboxylic acids is 1. The second-order valence-electron chi connectivity index (χ2n) is 6.14. The van der Waals surface area contributed by atoms with Gasteiger partial charge in [0, 0.05) is 25.3 Å². The van der Waals surface area contributed by atoms with Crippen molar-refractivity contribution in [1.29, 1.82) is 0 Å². The predicted molar refractivity (Wildman–Crippen MR) is 88.1 cm³/mol. The number of nitrogens with one attached hydrogen (secondary N) is 1. The lowest BCUT2D eigenvalue weighted by molar-refractivity contribution is -0.139. The summed E-state index contributed by atoms with van der Waals surface area (Å²) in [6.45, 7) is 0.201. The molecule has 2 atom stereocenters. The molecular formula is C17H20N2O7. The Balaban J connectivity index is 1.58. The van der Waals surface area contributed by atoms with Crippen LogP contribution in [0, 0.1) is 0 Å². The number of carboxylic acid groups (broad SMARTS) is 1. The second kappa shape index (κ2) is 7.61. The van der Waals surface area contributed by atoms with Gasteiger partial charge in [0.05, 0.1) is 19.1 Å². The molecule has 1 aromatic carbocycles. The van der Waals surface area contributed by atoms with Crippen molar-refractivity contribution >= 4 is 17.8 Å². The Morgan fingerprint density at radius 1 is 1.31 bits per heavy atom. The molecule has 3 rings (SSSR count). The Morgan fingerprint density at radius 2 is 2.08 bits per heavy atom. The molecule has 0 radical (unpaired) electrons. The summed E-state index contributed by atoms with van der Waals surface area (Å²) in [5.41, 5.74) is 0.348. The number of likely N-dealkylation sites (tertiary alicyclic amines) is 1. The number of carbonyl (C=O) groups excluding carboxylic acids is 2. The Kier molecular flexibility index (Phi) is 5.27. The SMILES string of the molecule is COC1CC(CC(=O)O)N(C(=O)CNC(=O)c2ccc3c(c2)OCO3)C1. The van der Waals surface area contributed by atoms with Crippen molar-refractivity contribution < 1.29 is 33.7 Å². The summed E-state index contributed by atoms with van der Waals surface area (Å²) in [6.07, 6.45) is 0.111. The molecule has 2 N–H and O–H groups in total. The monoisotopic (exact) mass is 364 g/mol. The number of hydrogen-bond acceptors (Lipinski definition) is 6. The lowest BCUT2D eigenvalue weighted by Crippen LogP contribution is -2.43. The van der Waals surface area contributed by atoms with Crippen LogP contribution in [0.1, 0.15) is 23.2 Å². The van der Waals surface area contributed by atoms with Gasteiger partial charge in [0.15, 0.2) is 11.5 Å². The van der Waals surface area contributed by atoms with E-state index in [1.807, 2.05) is 0 Å². The molecule has 1 aromatic rings. The summed E-state index contributed by atoms with van der Waals surface area (Å²) in [7, 11) is 1.53. The third-order valence-electron chi connectivity index (χ3n) is 4.47. The molecular weight excluding hydrogens is 344 g/mol. The van der Waals surface area contributed by atoms with Crippen molar-refractivity contribution in [3.05, 3.63) is 23.8 Å². The van der Waals surface area contributed by atoms with E-state index in [2.05, 4.69) is 5.32 Å². The van der Waals surface area contributed by atoms with Gasteiger partial charge in [-0.3, -0.25) is 14.4 Å². The number of nitrogens with zero attached hydrogens (tertiary/aromatic N) is 1. The van der Waals surface area contributed by atoms with Crippen LogP contribution in [0.15, 0.2) is 18.2 Å². The first-order chi connectivity index (χ1) is 12.5. The van der Waals surface area contributed by atoms with Crippen LogP contribution in [0.25, 0.3) is 0 Å². The summed E-state index contributed by atoms with van der Waals surface area (Å²) in [4.78, 5) is 37.1. The van der Waals surface area contributed by atoms with Crippen LogP contribution in [0.5, 0.6) is 11.5 Å². The van der Waals surface area contributed by atoms with Gasteiger partial charge in [0.25, 0.3) is 5.91 Å². The number of hydrogen-bond donors (Lipinski definition) is 2. The first-order valence-electron chi connectivity index (χ1n) is 8.20. The molecule has 9 nitrogen and oxygen atoms in total. The van der Waals surface area contributed by atoms with Gasteiger partial charge < -0.3 is 29.5 Å². The van der Waals surface area contributed by atoms with Crippen molar-refractivity contribution in [2.24, 2.45) is 0 Å². The fourth-order valence-electron chi connectivity index (χ4n) is 3.14. The van der Waals surface area contributed by atoms with Crippen molar-refractivity contribution in [3.8, 4) is 11.5 Å². The molecule has 2 aliphatic heterocycles.